The number of hydrogen-bond donors (Lipinski definition) is 2. The van der Waals surface area contributed by atoms with E-state index in [1.54, 1.807) is 13.0 Å². The fraction of sp³-hybridized carbons (Fsp3) is 0.400. The van der Waals surface area contributed by atoms with Crippen LogP contribution in [0.1, 0.15) is 36.9 Å². The fourth-order valence-electron chi connectivity index (χ4n) is 3.55. The number of hydrogen-bond acceptors (Lipinski definition) is 5. The third-order valence-corrected chi connectivity index (χ3v) is 6.92. The van der Waals surface area contributed by atoms with Crippen LogP contribution in [0, 0.1) is 24.1 Å². The van der Waals surface area contributed by atoms with Gasteiger partial charge < -0.3 is 5.11 Å². The van der Waals surface area contributed by atoms with Crippen LogP contribution in [0.3, 0.4) is 0 Å². The third-order valence-electron chi connectivity index (χ3n) is 5.40. The standard InChI is InChI=1S/C20H19F4N3O3S/c1-12-10-14(2-3-15(12)17-5-4-16(21)18(11-25)26-17)31(29,30)27-13-6-8-19(28,9-7-13)20(22,23)24/h2-5,10,13,27-28H,6-9H2,1H3/t13-,19-. The summed E-state index contributed by atoms with van der Waals surface area (Å²) in [6.45, 7) is 1.62. The summed E-state index contributed by atoms with van der Waals surface area (Å²) in [5.41, 5.74) is -1.88. The molecule has 6 nitrogen and oxygen atoms in total. The average molecular weight is 457 g/mol. The van der Waals surface area contributed by atoms with Gasteiger partial charge in [-0.2, -0.15) is 18.4 Å². The number of halogens is 4. The minimum atomic E-state index is -4.76. The van der Waals surface area contributed by atoms with Crippen molar-refractivity contribution in [2.75, 3.05) is 0 Å². The number of alkyl halides is 3. The number of sulfonamides is 1. The van der Waals surface area contributed by atoms with Gasteiger partial charge in [0.05, 0.1) is 10.6 Å². The van der Waals surface area contributed by atoms with E-state index in [2.05, 4.69) is 9.71 Å². The van der Waals surface area contributed by atoms with Crippen LogP contribution in [0.5, 0.6) is 0 Å². The first-order valence-corrected chi connectivity index (χ1v) is 10.8. The summed E-state index contributed by atoms with van der Waals surface area (Å²) >= 11 is 0. The molecule has 0 saturated heterocycles. The highest BCUT2D eigenvalue weighted by Crippen LogP contribution is 2.41. The van der Waals surface area contributed by atoms with E-state index in [0.29, 0.717) is 16.8 Å². The zero-order valence-corrected chi connectivity index (χ0v) is 17.2. The number of rotatable bonds is 4. The minimum absolute atomic E-state index is 0.0898. The first-order chi connectivity index (χ1) is 14.4. The van der Waals surface area contributed by atoms with E-state index in [9.17, 15) is 31.1 Å². The Morgan fingerprint density at radius 2 is 1.87 bits per heavy atom. The minimum Gasteiger partial charge on any atom is -0.380 e. The Bertz CT molecular complexity index is 1140. The summed E-state index contributed by atoms with van der Waals surface area (Å²) in [4.78, 5) is 3.83. The SMILES string of the molecule is Cc1cc(S(=O)(=O)N[C@H]2CC[C@@](O)(C(F)(F)F)CC2)ccc1-c1ccc(F)c(C#N)n1. The maximum atomic E-state index is 13.5. The van der Waals surface area contributed by atoms with Gasteiger partial charge in [0, 0.05) is 11.6 Å². The zero-order chi connectivity index (χ0) is 23.0. The molecule has 1 aliphatic rings. The van der Waals surface area contributed by atoms with Crippen molar-refractivity contribution in [3.63, 3.8) is 0 Å². The van der Waals surface area contributed by atoms with Crippen molar-refractivity contribution in [3.05, 3.63) is 47.4 Å². The van der Waals surface area contributed by atoms with Gasteiger partial charge in [-0.1, -0.05) is 6.07 Å². The van der Waals surface area contributed by atoms with Crippen molar-refractivity contribution in [1.82, 2.24) is 9.71 Å². The van der Waals surface area contributed by atoms with E-state index in [4.69, 9.17) is 5.26 Å². The lowest BCUT2D eigenvalue weighted by Crippen LogP contribution is -2.51. The van der Waals surface area contributed by atoms with Crippen molar-refractivity contribution in [2.45, 2.75) is 55.3 Å². The van der Waals surface area contributed by atoms with Gasteiger partial charge in [0.2, 0.25) is 10.0 Å². The highest BCUT2D eigenvalue weighted by atomic mass is 32.2. The monoisotopic (exact) mass is 457 g/mol. The van der Waals surface area contributed by atoms with E-state index in [0.717, 1.165) is 6.07 Å². The van der Waals surface area contributed by atoms with Gasteiger partial charge in [-0.15, -0.1) is 0 Å². The summed E-state index contributed by atoms with van der Waals surface area (Å²) in [7, 11) is -4.02. The molecule has 3 rings (SSSR count). The van der Waals surface area contributed by atoms with Gasteiger partial charge in [-0.3, -0.25) is 0 Å². The summed E-state index contributed by atoms with van der Waals surface area (Å²) < 4.78 is 80.0. The van der Waals surface area contributed by atoms with E-state index in [1.807, 2.05) is 0 Å². The fourth-order valence-corrected chi connectivity index (χ4v) is 4.94. The van der Waals surface area contributed by atoms with Gasteiger partial charge >= 0.3 is 6.18 Å². The van der Waals surface area contributed by atoms with Gasteiger partial charge in [0.25, 0.3) is 0 Å². The molecular formula is C20H19F4N3O3S. The first kappa shape index (κ1) is 23.1. The largest absolute Gasteiger partial charge is 0.417 e. The predicted octanol–water partition coefficient (Wildman–Crippen LogP) is 3.58. The van der Waals surface area contributed by atoms with Crippen LogP contribution in [0.25, 0.3) is 11.3 Å². The second-order valence-corrected chi connectivity index (χ2v) is 9.25. The van der Waals surface area contributed by atoms with Crippen LogP contribution in [0.15, 0.2) is 35.2 Å². The summed E-state index contributed by atoms with van der Waals surface area (Å²) in [5, 5.41) is 18.6. The Kier molecular flexibility index (Phi) is 6.10. The molecule has 0 unspecified atom stereocenters. The quantitative estimate of drug-likeness (QED) is 0.684. The number of aromatic nitrogens is 1. The predicted molar refractivity (Wildman–Crippen MR) is 103 cm³/mol. The maximum absolute atomic E-state index is 13.5. The normalized spacial score (nSPS) is 22.2. The maximum Gasteiger partial charge on any atom is 0.417 e. The lowest BCUT2D eigenvalue weighted by atomic mass is 9.82. The van der Waals surface area contributed by atoms with Gasteiger partial charge in [-0.25, -0.2) is 22.5 Å². The number of pyridine rings is 1. The molecule has 0 bridgehead atoms. The Balaban J connectivity index is 1.77. The molecule has 0 amide bonds. The van der Waals surface area contributed by atoms with Gasteiger partial charge in [0.15, 0.2) is 17.1 Å². The molecule has 1 saturated carbocycles. The topological polar surface area (TPSA) is 103 Å². The second kappa shape index (κ2) is 8.18. The van der Waals surface area contributed by atoms with Crippen molar-refractivity contribution in [3.8, 4) is 17.3 Å². The Morgan fingerprint density at radius 1 is 1.23 bits per heavy atom. The van der Waals surface area contributed by atoms with Crippen molar-refractivity contribution >= 4 is 10.0 Å². The number of nitriles is 1. The zero-order valence-electron chi connectivity index (χ0n) is 16.4. The van der Waals surface area contributed by atoms with Crippen LogP contribution < -0.4 is 4.72 Å². The Hall–Kier alpha value is -2.55. The third kappa shape index (κ3) is 4.71. The molecule has 11 heteroatoms. The molecule has 0 atom stereocenters. The van der Waals surface area contributed by atoms with E-state index in [-0.39, 0.29) is 23.4 Å². The summed E-state index contributed by atoms with van der Waals surface area (Å²) in [6.07, 6.45) is -6.23. The molecule has 0 aliphatic heterocycles. The lowest BCUT2D eigenvalue weighted by molar-refractivity contribution is -0.270. The molecule has 166 valence electrons. The smallest absolute Gasteiger partial charge is 0.380 e. The molecule has 2 N–H and O–H groups in total. The first-order valence-electron chi connectivity index (χ1n) is 9.35. The van der Waals surface area contributed by atoms with E-state index >= 15 is 0 Å². The van der Waals surface area contributed by atoms with Gasteiger partial charge in [-0.05, 0) is 62.4 Å². The van der Waals surface area contributed by atoms with Crippen LogP contribution in [-0.4, -0.2) is 36.3 Å². The van der Waals surface area contributed by atoms with Crippen molar-refractivity contribution in [1.29, 1.82) is 5.26 Å². The summed E-state index contributed by atoms with van der Waals surface area (Å²) in [6, 6.07) is 7.51. The highest BCUT2D eigenvalue weighted by molar-refractivity contribution is 7.89. The molecule has 0 radical (unpaired) electrons. The van der Waals surface area contributed by atoms with Crippen LogP contribution in [0.2, 0.25) is 0 Å². The Morgan fingerprint density at radius 3 is 2.42 bits per heavy atom. The van der Waals surface area contributed by atoms with Gasteiger partial charge in [0.1, 0.15) is 6.07 Å². The van der Waals surface area contributed by atoms with Crippen molar-refractivity contribution < 1.29 is 31.1 Å². The summed E-state index contributed by atoms with van der Waals surface area (Å²) in [5.74, 6) is -0.766. The van der Waals surface area contributed by atoms with Crippen LogP contribution in [-0.2, 0) is 10.0 Å². The van der Waals surface area contributed by atoms with E-state index in [1.165, 1.54) is 24.3 Å². The van der Waals surface area contributed by atoms with Crippen molar-refractivity contribution in [2.24, 2.45) is 0 Å². The molecule has 1 aromatic heterocycles. The molecule has 31 heavy (non-hydrogen) atoms. The molecule has 1 aromatic carbocycles. The second-order valence-electron chi connectivity index (χ2n) is 7.54. The molecule has 1 fully saturated rings. The van der Waals surface area contributed by atoms with E-state index < -0.39 is 46.5 Å². The molecule has 0 spiro atoms. The number of nitrogens with one attached hydrogen (secondary N) is 1. The van der Waals surface area contributed by atoms with Crippen LogP contribution >= 0.6 is 0 Å². The molecule has 1 heterocycles. The number of nitrogens with zero attached hydrogens (tertiary/aromatic N) is 2. The Labute approximate surface area is 176 Å². The number of aryl methyl sites for hydroxylation is 1. The molecular weight excluding hydrogens is 438 g/mol. The lowest BCUT2D eigenvalue weighted by Gasteiger charge is -2.37. The average Bonchev–Trinajstić information content (AvgIpc) is 2.69. The molecule has 1 aliphatic carbocycles. The molecule has 2 aromatic rings. The number of aliphatic hydroxyl groups is 1. The van der Waals surface area contributed by atoms with Crippen LogP contribution in [0.4, 0.5) is 17.6 Å². The highest BCUT2D eigenvalue weighted by Gasteiger charge is 2.54. The number of benzene rings is 1.